The number of nitrogens with zero attached hydrogens (tertiary/aromatic N) is 1. The number of hydrogen-bond donors (Lipinski definition) is 0. The number of hydrogen-bond acceptors (Lipinski definition) is 2. The maximum Gasteiger partial charge on any atom is 0.139 e. The smallest absolute Gasteiger partial charge is 0.139 e. The first-order valence-corrected chi connectivity index (χ1v) is 6.48. The first-order valence-electron chi connectivity index (χ1n) is 5.72. The van der Waals surface area contributed by atoms with Crippen molar-refractivity contribution in [3.63, 3.8) is 0 Å². The van der Waals surface area contributed by atoms with Crippen molar-refractivity contribution in [2.75, 3.05) is 0 Å². The topological polar surface area (TPSA) is 33.0 Å². The molecule has 2 aromatic rings. The summed E-state index contributed by atoms with van der Waals surface area (Å²) in [4.78, 5) is 0. The zero-order valence-electron chi connectivity index (χ0n) is 10.1. The molecule has 0 amide bonds. The van der Waals surface area contributed by atoms with E-state index in [1.54, 1.807) is 18.2 Å². The number of benzene rings is 2. The fraction of sp³-hybridized carbons (Fsp3) is 0.133. The van der Waals surface area contributed by atoms with Gasteiger partial charge in [-0.1, -0.05) is 47.5 Å². The minimum absolute atomic E-state index is 0.359. The molecule has 0 aliphatic heterocycles. The van der Waals surface area contributed by atoms with E-state index in [9.17, 15) is 0 Å². The molecule has 0 spiro atoms. The van der Waals surface area contributed by atoms with E-state index in [0.717, 1.165) is 11.1 Å². The molecule has 19 heavy (non-hydrogen) atoms. The molecule has 0 aliphatic carbocycles. The molecule has 0 saturated carbocycles. The lowest BCUT2D eigenvalue weighted by atomic mass is 10.1. The van der Waals surface area contributed by atoms with E-state index in [1.807, 2.05) is 24.3 Å². The van der Waals surface area contributed by atoms with E-state index >= 15 is 0 Å². The third-order valence-corrected chi connectivity index (χ3v) is 3.21. The van der Waals surface area contributed by atoms with Gasteiger partial charge in [-0.05, 0) is 23.3 Å². The maximum atomic E-state index is 8.78. The van der Waals surface area contributed by atoms with Gasteiger partial charge in [-0.15, -0.1) is 0 Å². The maximum absolute atomic E-state index is 8.78. The fourth-order valence-corrected chi connectivity index (χ4v) is 2.03. The van der Waals surface area contributed by atoms with E-state index in [-0.39, 0.29) is 0 Å². The average Bonchev–Trinajstić information content (AvgIpc) is 2.42. The van der Waals surface area contributed by atoms with E-state index < -0.39 is 0 Å². The lowest BCUT2D eigenvalue weighted by Crippen LogP contribution is -2.00. The van der Waals surface area contributed by atoms with Gasteiger partial charge in [0.05, 0.1) is 17.5 Å². The van der Waals surface area contributed by atoms with E-state index in [2.05, 4.69) is 6.07 Å². The number of halogens is 2. The van der Waals surface area contributed by atoms with Crippen LogP contribution in [-0.4, -0.2) is 0 Å². The van der Waals surface area contributed by atoms with Crippen molar-refractivity contribution in [1.29, 1.82) is 5.26 Å². The summed E-state index contributed by atoms with van der Waals surface area (Å²) < 4.78 is 5.66. The van der Waals surface area contributed by atoms with Crippen LogP contribution in [0.1, 0.15) is 11.1 Å². The molecule has 2 rings (SSSR count). The van der Waals surface area contributed by atoms with E-state index in [4.69, 9.17) is 33.2 Å². The van der Waals surface area contributed by atoms with Crippen LogP contribution in [0.3, 0.4) is 0 Å². The van der Waals surface area contributed by atoms with Crippen LogP contribution in [0.15, 0.2) is 42.5 Å². The summed E-state index contributed by atoms with van der Waals surface area (Å²) in [5.41, 5.74) is 1.93. The van der Waals surface area contributed by atoms with Gasteiger partial charge in [0.15, 0.2) is 0 Å². The van der Waals surface area contributed by atoms with Gasteiger partial charge in [-0.25, -0.2) is 0 Å². The first kappa shape index (κ1) is 13.7. The molecule has 96 valence electrons. The second-order valence-corrected chi connectivity index (χ2v) is 4.81. The molecular formula is C15H11Cl2NO. The van der Waals surface area contributed by atoms with Gasteiger partial charge in [0.25, 0.3) is 0 Å². The number of rotatable bonds is 4. The zero-order chi connectivity index (χ0) is 13.7. The van der Waals surface area contributed by atoms with Crippen LogP contribution in [-0.2, 0) is 13.0 Å². The van der Waals surface area contributed by atoms with Gasteiger partial charge in [-0.2, -0.15) is 5.26 Å². The Balaban J connectivity index is 2.15. The number of ether oxygens (including phenoxy) is 1. The van der Waals surface area contributed by atoms with Crippen molar-refractivity contribution in [1.82, 2.24) is 0 Å². The third-order valence-electron chi connectivity index (χ3n) is 2.66. The van der Waals surface area contributed by atoms with Crippen molar-refractivity contribution in [3.8, 4) is 11.8 Å². The third kappa shape index (κ3) is 3.64. The summed E-state index contributed by atoms with van der Waals surface area (Å²) in [5.74, 6) is 0.543. The zero-order valence-corrected chi connectivity index (χ0v) is 11.6. The Labute approximate surface area is 122 Å². The largest absolute Gasteiger partial charge is 0.487 e. The highest BCUT2D eigenvalue weighted by Gasteiger charge is 2.05. The van der Waals surface area contributed by atoms with Crippen LogP contribution in [0.4, 0.5) is 0 Å². The molecule has 0 atom stereocenters. The molecule has 4 heteroatoms. The highest BCUT2D eigenvalue weighted by Crippen LogP contribution is 2.28. The van der Waals surface area contributed by atoms with Crippen molar-refractivity contribution >= 4 is 23.2 Å². The lowest BCUT2D eigenvalue weighted by molar-refractivity contribution is 0.305. The monoisotopic (exact) mass is 291 g/mol. The molecule has 2 nitrogen and oxygen atoms in total. The SMILES string of the molecule is N#CCc1ccccc1COc1cc(Cl)ccc1Cl. The van der Waals surface area contributed by atoms with Crippen LogP contribution >= 0.6 is 23.2 Å². The normalized spacial score (nSPS) is 9.95. The Kier molecular flexibility index (Phi) is 4.68. The molecule has 0 unspecified atom stereocenters. The highest BCUT2D eigenvalue weighted by atomic mass is 35.5. The minimum Gasteiger partial charge on any atom is -0.487 e. The van der Waals surface area contributed by atoms with E-state index in [1.165, 1.54) is 0 Å². The predicted molar refractivity (Wildman–Crippen MR) is 76.6 cm³/mol. The summed E-state index contributed by atoms with van der Waals surface area (Å²) in [6.07, 6.45) is 0.364. The Hall–Kier alpha value is -1.69. The fourth-order valence-electron chi connectivity index (χ4n) is 1.70. The Bertz CT molecular complexity index is 620. The summed E-state index contributed by atoms with van der Waals surface area (Å²) in [6, 6.07) is 14.9. The highest BCUT2D eigenvalue weighted by molar-refractivity contribution is 6.34. The van der Waals surface area contributed by atoms with Gasteiger partial charge >= 0.3 is 0 Å². The second-order valence-electron chi connectivity index (χ2n) is 3.97. The number of nitriles is 1. The van der Waals surface area contributed by atoms with Gasteiger partial charge in [0.2, 0.25) is 0 Å². The van der Waals surface area contributed by atoms with Gasteiger partial charge in [0, 0.05) is 11.1 Å². The molecule has 0 saturated heterocycles. The predicted octanol–water partition coefficient (Wildman–Crippen LogP) is 4.64. The van der Waals surface area contributed by atoms with Crippen LogP contribution in [0.2, 0.25) is 10.0 Å². The molecule has 2 aromatic carbocycles. The Morgan fingerprint density at radius 2 is 1.79 bits per heavy atom. The molecule has 0 aromatic heterocycles. The summed E-state index contributed by atoms with van der Waals surface area (Å²) in [5, 5.41) is 9.87. The van der Waals surface area contributed by atoms with Gasteiger partial charge in [0.1, 0.15) is 12.4 Å². The van der Waals surface area contributed by atoms with Crippen molar-refractivity contribution in [2.24, 2.45) is 0 Å². The van der Waals surface area contributed by atoms with Crippen LogP contribution in [0.25, 0.3) is 0 Å². The van der Waals surface area contributed by atoms with Crippen LogP contribution in [0, 0.1) is 11.3 Å². The second kappa shape index (κ2) is 6.47. The van der Waals surface area contributed by atoms with Gasteiger partial charge < -0.3 is 4.74 Å². The Morgan fingerprint density at radius 1 is 1.05 bits per heavy atom. The quantitative estimate of drug-likeness (QED) is 0.822. The standard InChI is InChI=1S/C15H11Cl2NO/c16-13-5-6-14(17)15(9-13)19-10-12-4-2-1-3-11(12)7-8-18/h1-6,9H,7,10H2. The molecular weight excluding hydrogens is 281 g/mol. The van der Waals surface area contributed by atoms with Crippen molar-refractivity contribution < 1.29 is 4.74 Å². The first-order chi connectivity index (χ1) is 9.20. The molecule has 0 aliphatic rings. The molecule has 0 radical (unpaired) electrons. The summed E-state index contributed by atoms with van der Waals surface area (Å²) >= 11 is 11.9. The molecule has 0 N–H and O–H groups in total. The minimum atomic E-state index is 0.359. The van der Waals surface area contributed by atoms with Crippen molar-refractivity contribution in [3.05, 3.63) is 63.6 Å². The average molecular weight is 292 g/mol. The summed E-state index contributed by atoms with van der Waals surface area (Å²) in [7, 11) is 0. The summed E-state index contributed by atoms with van der Waals surface area (Å²) in [6.45, 7) is 0.359. The lowest BCUT2D eigenvalue weighted by Gasteiger charge is -2.10. The van der Waals surface area contributed by atoms with Crippen LogP contribution < -0.4 is 4.74 Å². The van der Waals surface area contributed by atoms with Crippen molar-refractivity contribution in [2.45, 2.75) is 13.0 Å². The Morgan fingerprint density at radius 3 is 2.53 bits per heavy atom. The van der Waals surface area contributed by atoms with Crippen LogP contribution in [0.5, 0.6) is 5.75 Å². The van der Waals surface area contributed by atoms with E-state index in [0.29, 0.717) is 28.8 Å². The molecule has 0 fully saturated rings. The van der Waals surface area contributed by atoms with Gasteiger partial charge in [-0.3, -0.25) is 0 Å². The molecule has 0 heterocycles. The molecule has 0 bridgehead atoms.